The van der Waals surface area contributed by atoms with Crippen molar-refractivity contribution in [1.82, 2.24) is 48.8 Å². The summed E-state index contributed by atoms with van der Waals surface area (Å²) in [4.78, 5) is 71.4. The average Bonchev–Trinajstić information content (AvgIpc) is 3.95. The molecule has 8 heterocycles. The summed E-state index contributed by atoms with van der Waals surface area (Å²) >= 11 is 0. The van der Waals surface area contributed by atoms with Crippen LogP contribution in [0.15, 0.2) is 27.5 Å². The Bertz CT molecular complexity index is 2160. The van der Waals surface area contributed by atoms with Gasteiger partial charge < -0.3 is 53.8 Å². The molecule has 0 aliphatic carbocycles. The van der Waals surface area contributed by atoms with Crippen molar-refractivity contribution in [1.29, 1.82) is 0 Å². The summed E-state index contributed by atoms with van der Waals surface area (Å²) in [6.07, 6.45) is -9.71. The fraction of sp³-hybridized carbons (Fsp3) is 0.625. The zero-order valence-electron chi connectivity index (χ0n) is 27.2. The van der Waals surface area contributed by atoms with Crippen LogP contribution in [0.1, 0.15) is 6.23 Å². The maximum Gasteiger partial charge on any atom is 0.472 e. The van der Waals surface area contributed by atoms with Crippen molar-refractivity contribution in [2.24, 2.45) is 17.1 Å². The number of amides is 1. The second-order valence-electron chi connectivity index (χ2n) is 12.6. The average molecular weight is 791 g/mol. The number of nitrogens with one attached hydrogen (secondary N) is 1. The summed E-state index contributed by atoms with van der Waals surface area (Å²) in [5, 5.41) is 44.7. The van der Waals surface area contributed by atoms with E-state index < -0.39 is 108 Å². The lowest BCUT2D eigenvalue weighted by Crippen LogP contribution is -2.69. The molecule has 0 spiro atoms. The highest BCUT2D eigenvalue weighted by Crippen LogP contribution is 2.50. The molecule has 0 radical (unpaired) electrons. The number of phosphoric ester groups is 2. The van der Waals surface area contributed by atoms with Gasteiger partial charge in [-0.25, -0.2) is 14.1 Å². The van der Waals surface area contributed by atoms with E-state index in [-0.39, 0.29) is 16.9 Å². The molecule has 5 aliphatic heterocycles. The van der Waals surface area contributed by atoms with Crippen LogP contribution in [0.5, 0.6) is 0 Å². The molecule has 5 aliphatic rings. The predicted molar refractivity (Wildman–Crippen MR) is 169 cm³/mol. The SMILES string of the molecule is CN1C=NN2C(=O)C3N=CN([C@@H]4O[C@@H](COP(=O)(O)O[C@H]5[C@@H](O)[C@H](n6cnc7c(=O)n8ncn(C)c8nc76)O[C@@H]5CO)[C@@H](OP(=O)(O)O)[C@H]4O)C3NC12. The number of aliphatic imine (C=N–C) groups is 1. The summed E-state index contributed by atoms with van der Waals surface area (Å²) in [6.45, 7) is -1.79. The van der Waals surface area contributed by atoms with Crippen LogP contribution >= 0.6 is 15.6 Å². The first-order valence-electron chi connectivity index (χ1n) is 15.7. The van der Waals surface area contributed by atoms with Gasteiger partial charge in [0.15, 0.2) is 36.0 Å². The summed E-state index contributed by atoms with van der Waals surface area (Å²) in [5.74, 6) is -0.354. The Morgan fingerprint density at radius 1 is 0.981 bits per heavy atom. The van der Waals surface area contributed by atoms with Crippen LogP contribution in [-0.2, 0) is 44.0 Å². The number of hydrazone groups is 1. The fourth-order valence-electron chi connectivity index (χ4n) is 6.77. The third-order valence-corrected chi connectivity index (χ3v) is 10.8. The molecular formula is C24H32N12O15P2. The normalized spacial score (nSPS) is 35.3. The van der Waals surface area contributed by atoms with Crippen LogP contribution in [0.3, 0.4) is 0 Å². The van der Waals surface area contributed by atoms with E-state index in [0.717, 1.165) is 10.8 Å². The molecule has 0 saturated carbocycles. The van der Waals surface area contributed by atoms with Gasteiger partial charge in [0.25, 0.3) is 5.91 Å². The van der Waals surface area contributed by atoms with Gasteiger partial charge in [0.2, 0.25) is 5.78 Å². The van der Waals surface area contributed by atoms with Crippen LogP contribution in [0.4, 0.5) is 0 Å². The van der Waals surface area contributed by atoms with Crippen LogP contribution < -0.4 is 10.9 Å². The van der Waals surface area contributed by atoms with E-state index in [9.17, 15) is 48.7 Å². The van der Waals surface area contributed by atoms with E-state index in [4.69, 9.17) is 23.0 Å². The first-order chi connectivity index (χ1) is 25.1. The molecule has 12 atom stereocenters. The number of aliphatic hydroxyl groups excluding tert-OH is 3. The number of carbonyl (C=O) groups excluding carboxylic acids is 1. The quantitative estimate of drug-likeness (QED) is 0.0943. The van der Waals surface area contributed by atoms with Gasteiger partial charge >= 0.3 is 21.2 Å². The first kappa shape index (κ1) is 36.2. The van der Waals surface area contributed by atoms with Crippen molar-refractivity contribution >= 4 is 51.2 Å². The minimum atomic E-state index is -5.31. The summed E-state index contributed by atoms with van der Waals surface area (Å²) in [5.41, 5.74) is -0.790. The van der Waals surface area contributed by atoms with Crippen molar-refractivity contribution < 1.29 is 67.0 Å². The number of aliphatic hydroxyl groups is 3. The van der Waals surface area contributed by atoms with E-state index in [2.05, 4.69) is 30.5 Å². The monoisotopic (exact) mass is 790 g/mol. The number of fused-ring (bicyclic) bond motifs is 4. The molecule has 4 unspecified atom stereocenters. The Balaban J connectivity index is 0.980. The highest BCUT2D eigenvalue weighted by atomic mass is 31.2. The molecule has 288 valence electrons. The highest BCUT2D eigenvalue weighted by Gasteiger charge is 2.57. The van der Waals surface area contributed by atoms with E-state index in [0.29, 0.717) is 0 Å². The van der Waals surface area contributed by atoms with Gasteiger partial charge in [0.1, 0.15) is 55.5 Å². The van der Waals surface area contributed by atoms with Gasteiger partial charge in [0.05, 0.1) is 25.9 Å². The summed E-state index contributed by atoms with van der Waals surface area (Å²) in [7, 11) is -7.32. The number of carbonyl (C=O) groups is 1. The van der Waals surface area contributed by atoms with Gasteiger partial charge in [-0.1, -0.05) is 0 Å². The van der Waals surface area contributed by atoms with E-state index in [1.807, 2.05) is 0 Å². The smallest absolute Gasteiger partial charge is 0.394 e. The van der Waals surface area contributed by atoms with Crippen molar-refractivity contribution in [2.45, 2.75) is 67.6 Å². The van der Waals surface area contributed by atoms with Crippen molar-refractivity contribution in [2.75, 3.05) is 20.3 Å². The van der Waals surface area contributed by atoms with Crippen LogP contribution in [0, 0.1) is 0 Å². The molecular weight excluding hydrogens is 758 g/mol. The van der Waals surface area contributed by atoms with Crippen molar-refractivity contribution in [3.05, 3.63) is 23.0 Å². The van der Waals surface area contributed by atoms with Gasteiger partial charge in [-0.05, 0) is 0 Å². The van der Waals surface area contributed by atoms with Crippen LogP contribution in [0.25, 0.3) is 16.9 Å². The number of imidazole rings is 1. The summed E-state index contributed by atoms with van der Waals surface area (Å²) in [6, 6.07) is -1.04. The number of nitrogens with zero attached hydrogens (tertiary/aromatic N) is 11. The number of aryl methyl sites for hydroxylation is 1. The second kappa shape index (κ2) is 12.9. The molecule has 7 N–H and O–H groups in total. The summed E-state index contributed by atoms with van der Waals surface area (Å²) < 4.78 is 55.5. The van der Waals surface area contributed by atoms with Gasteiger partial charge in [-0.3, -0.25) is 38.0 Å². The van der Waals surface area contributed by atoms with Gasteiger partial charge in [0, 0.05) is 14.1 Å². The van der Waals surface area contributed by atoms with E-state index >= 15 is 0 Å². The Morgan fingerprint density at radius 2 is 1.70 bits per heavy atom. The molecule has 53 heavy (non-hydrogen) atoms. The number of hydrogen-bond acceptors (Lipinski definition) is 20. The first-order valence-corrected chi connectivity index (χ1v) is 18.7. The maximum atomic E-state index is 13.3. The van der Waals surface area contributed by atoms with Crippen molar-refractivity contribution in [3.63, 3.8) is 0 Å². The predicted octanol–water partition coefficient (Wildman–Crippen LogP) is -5.26. The zero-order valence-corrected chi connectivity index (χ0v) is 29.0. The number of ether oxygens (including phenoxy) is 2. The Hall–Kier alpha value is -3.79. The van der Waals surface area contributed by atoms with E-state index in [1.165, 1.54) is 38.0 Å². The Morgan fingerprint density at radius 3 is 2.43 bits per heavy atom. The zero-order chi connectivity index (χ0) is 37.7. The van der Waals surface area contributed by atoms with Crippen LogP contribution in [0.2, 0.25) is 0 Å². The number of phosphoric acid groups is 2. The number of rotatable bonds is 10. The topological polar surface area (TPSA) is 335 Å². The molecule has 3 aromatic heterocycles. The van der Waals surface area contributed by atoms with Crippen LogP contribution in [-0.4, -0.2) is 174 Å². The number of aromatic nitrogens is 6. The molecule has 3 aromatic rings. The number of hydrogen-bond donors (Lipinski definition) is 7. The largest absolute Gasteiger partial charge is 0.472 e. The lowest BCUT2D eigenvalue weighted by molar-refractivity contribution is -0.149. The lowest BCUT2D eigenvalue weighted by Gasteiger charge is -2.42. The van der Waals surface area contributed by atoms with Gasteiger partial charge in [-0.15, -0.1) is 0 Å². The highest BCUT2D eigenvalue weighted by molar-refractivity contribution is 7.47. The van der Waals surface area contributed by atoms with Crippen molar-refractivity contribution in [3.8, 4) is 0 Å². The Kier molecular flexibility index (Phi) is 8.82. The standard InChI is InChI=1S/C24H32N12O15P2/c1-31-7-27-35-19(40)11-17(29-23(31)35)33(5-25-11)21-13(38)15(9(3-37)48-21)51-53(45,46)47-4-10-16(50-52(42,43)44)14(39)22(49-10)34-6-26-12-18(34)30-24-32(2)8-28-36(24)20(12)41/h5-10,12-16,18,21-22,24,30,37-39H,3-4H2,1-2H3,(H,45,46)(H2,42,43,44)/t9-,10+,12?,13-,14-,15-,16-,18?,21-,22-,24?/m1/s1. The molecule has 27 nitrogen and oxygen atoms in total. The molecule has 3 fully saturated rings. The molecule has 3 saturated heterocycles. The lowest BCUT2D eigenvalue weighted by atomic mass is 10.1. The third kappa shape index (κ3) is 6.07. The minimum Gasteiger partial charge on any atom is -0.394 e. The third-order valence-electron chi connectivity index (χ3n) is 9.25. The van der Waals surface area contributed by atoms with Gasteiger partial charge in [-0.2, -0.15) is 24.7 Å². The molecule has 0 aromatic carbocycles. The molecule has 29 heteroatoms. The molecule has 1 amide bonds. The second-order valence-corrected chi connectivity index (χ2v) is 15.2. The Labute approximate surface area is 295 Å². The maximum absolute atomic E-state index is 13.3. The van der Waals surface area contributed by atoms with E-state index in [1.54, 1.807) is 19.0 Å². The molecule has 0 bridgehead atoms. The fourth-order valence-corrected chi connectivity index (χ4v) is 8.31. The molecule has 8 rings (SSSR count). The minimum absolute atomic E-state index is 0.0332.